The van der Waals surface area contributed by atoms with Gasteiger partial charge in [0.05, 0.1) is 6.54 Å². The maximum atomic E-state index is 10.1. The predicted octanol–water partition coefficient (Wildman–Crippen LogP) is 2.07. The number of aliphatic hydroxyl groups excluding tert-OH is 1. The molecule has 0 spiro atoms. The summed E-state index contributed by atoms with van der Waals surface area (Å²) in [6.45, 7) is 0.282. The molecule has 1 unspecified atom stereocenters. The SMILES string of the molecule is OC(Cn1nnc(-c2ccccc2)n1)c1ccccc1. The Labute approximate surface area is 116 Å². The minimum Gasteiger partial charge on any atom is -0.386 e. The van der Waals surface area contributed by atoms with Crippen molar-refractivity contribution in [1.29, 1.82) is 0 Å². The molecular weight excluding hydrogens is 252 g/mol. The molecule has 100 valence electrons. The van der Waals surface area contributed by atoms with E-state index in [0.29, 0.717) is 5.82 Å². The van der Waals surface area contributed by atoms with Crippen LogP contribution >= 0.6 is 0 Å². The molecule has 5 nitrogen and oxygen atoms in total. The summed E-state index contributed by atoms with van der Waals surface area (Å²) in [6, 6.07) is 19.1. The quantitative estimate of drug-likeness (QED) is 0.785. The molecule has 0 fully saturated rings. The molecule has 0 aliphatic heterocycles. The van der Waals surface area contributed by atoms with Crippen molar-refractivity contribution in [2.45, 2.75) is 12.6 Å². The number of aromatic nitrogens is 4. The molecule has 0 aliphatic carbocycles. The number of hydrogen-bond donors (Lipinski definition) is 1. The van der Waals surface area contributed by atoms with E-state index in [1.165, 1.54) is 4.80 Å². The van der Waals surface area contributed by atoms with Gasteiger partial charge in [0.2, 0.25) is 5.82 Å². The zero-order chi connectivity index (χ0) is 13.8. The number of tetrazole rings is 1. The highest BCUT2D eigenvalue weighted by molar-refractivity contribution is 5.52. The molecule has 0 amide bonds. The normalized spacial score (nSPS) is 12.2. The summed E-state index contributed by atoms with van der Waals surface area (Å²) in [6.07, 6.45) is -0.644. The van der Waals surface area contributed by atoms with Gasteiger partial charge in [-0.1, -0.05) is 60.7 Å². The Morgan fingerprint density at radius 1 is 0.950 bits per heavy atom. The summed E-state index contributed by atoms with van der Waals surface area (Å²) < 4.78 is 0. The van der Waals surface area contributed by atoms with Crippen molar-refractivity contribution in [2.75, 3.05) is 0 Å². The van der Waals surface area contributed by atoms with Crippen LogP contribution in [0.1, 0.15) is 11.7 Å². The van der Waals surface area contributed by atoms with Gasteiger partial charge >= 0.3 is 0 Å². The predicted molar refractivity (Wildman–Crippen MR) is 74.7 cm³/mol. The van der Waals surface area contributed by atoms with E-state index in [0.717, 1.165) is 11.1 Å². The molecular formula is C15H14N4O. The van der Waals surface area contributed by atoms with E-state index < -0.39 is 6.10 Å². The minimum atomic E-state index is -0.644. The van der Waals surface area contributed by atoms with Crippen LogP contribution < -0.4 is 0 Å². The van der Waals surface area contributed by atoms with Gasteiger partial charge in [-0.2, -0.15) is 4.80 Å². The van der Waals surface area contributed by atoms with Gasteiger partial charge in [-0.15, -0.1) is 10.2 Å². The van der Waals surface area contributed by atoms with Gasteiger partial charge in [-0.05, 0) is 10.8 Å². The molecule has 20 heavy (non-hydrogen) atoms. The van der Waals surface area contributed by atoms with Crippen LogP contribution in [-0.2, 0) is 6.54 Å². The van der Waals surface area contributed by atoms with Gasteiger partial charge in [-0.3, -0.25) is 0 Å². The van der Waals surface area contributed by atoms with Crippen molar-refractivity contribution < 1.29 is 5.11 Å². The Kier molecular flexibility index (Phi) is 3.52. The van der Waals surface area contributed by atoms with Crippen LogP contribution in [0.2, 0.25) is 0 Å². The van der Waals surface area contributed by atoms with E-state index in [9.17, 15) is 5.11 Å². The van der Waals surface area contributed by atoms with Gasteiger partial charge < -0.3 is 5.11 Å². The van der Waals surface area contributed by atoms with E-state index in [1.54, 1.807) is 0 Å². The van der Waals surface area contributed by atoms with Crippen molar-refractivity contribution in [3.05, 3.63) is 66.2 Å². The minimum absolute atomic E-state index is 0.282. The molecule has 0 aliphatic rings. The molecule has 2 aromatic carbocycles. The van der Waals surface area contributed by atoms with Crippen molar-refractivity contribution in [3.63, 3.8) is 0 Å². The zero-order valence-corrected chi connectivity index (χ0v) is 10.8. The molecule has 5 heteroatoms. The number of benzene rings is 2. The number of aliphatic hydroxyl groups is 1. The van der Waals surface area contributed by atoms with Crippen molar-refractivity contribution in [2.24, 2.45) is 0 Å². The topological polar surface area (TPSA) is 63.8 Å². The summed E-state index contributed by atoms with van der Waals surface area (Å²) >= 11 is 0. The lowest BCUT2D eigenvalue weighted by Gasteiger charge is -2.08. The summed E-state index contributed by atoms with van der Waals surface area (Å²) in [5.41, 5.74) is 1.75. The largest absolute Gasteiger partial charge is 0.386 e. The van der Waals surface area contributed by atoms with Crippen LogP contribution in [0.15, 0.2) is 60.7 Å². The van der Waals surface area contributed by atoms with Gasteiger partial charge in [0.1, 0.15) is 6.10 Å². The van der Waals surface area contributed by atoms with Crippen molar-refractivity contribution in [3.8, 4) is 11.4 Å². The van der Waals surface area contributed by atoms with E-state index in [2.05, 4.69) is 15.4 Å². The van der Waals surface area contributed by atoms with Crippen LogP contribution in [0.5, 0.6) is 0 Å². The smallest absolute Gasteiger partial charge is 0.204 e. The first-order valence-corrected chi connectivity index (χ1v) is 6.39. The molecule has 3 rings (SSSR count). The second-order valence-electron chi connectivity index (χ2n) is 4.46. The molecule has 0 saturated carbocycles. The number of hydrogen-bond acceptors (Lipinski definition) is 4. The van der Waals surface area contributed by atoms with Gasteiger partial charge in [0, 0.05) is 5.56 Å². The van der Waals surface area contributed by atoms with E-state index in [4.69, 9.17) is 0 Å². The Morgan fingerprint density at radius 3 is 2.30 bits per heavy atom. The maximum absolute atomic E-state index is 10.1. The third-order valence-corrected chi connectivity index (χ3v) is 3.01. The van der Waals surface area contributed by atoms with Gasteiger partial charge in [-0.25, -0.2) is 0 Å². The molecule has 0 radical (unpaired) electrons. The second-order valence-corrected chi connectivity index (χ2v) is 4.46. The van der Waals surface area contributed by atoms with E-state index in [-0.39, 0.29) is 6.54 Å². The molecule has 1 atom stereocenters. The summed E-state index contributed by atoms with van der Waals surface area (Å²) in [4.78, 5) is 1.42. The fourth-order valence-electron chi connectivity index (χ4n) is 1.96. The number of nitrogens with zero attached hydrogens (tertiary/aromatic N) is 4. The maximum Gasteiger partial charge on any atom is 0.204 e. The van der Waals surface area contributed by atoms with Crippen LogP contribution in [0.4, 0.5) is 0 Å². The molecule has 0 saturated heterocycles. The Hall–Kier alpha value is -2.53. The second kappa shape index (κ2) is 5.63. The first-order valence-electron chi connectivity index (χ1n) is 6.39. The highest BCUT2D eigenvalue weighted by Gasteiger charge is 2.11. The lowest BCUT2D eigenvalue weighted by Crippen LogP contribution is -2.11. The monoisotopic (exact) mass is 266 g/mol. The van der Waals surface area contributed by atoms with Crippen molar-refractivity contribution >= 4 is 0 Å². The molecule has 3 aromatic rings. The lowest BCUT2D eigenvalue weighted by molar-refractivity contribution is 0.144. The molecule has 1 heterocycles. The summed E-state index contributed by atoms with van der Waals surface area (Å²) in [5.74, 6) is 0.561. The Balaban J connectivity index is 1.75. The van der Waals surface area contributed by atoms with Crippen LogP contribution in [0, 0.1) is 0 Å². The van der Waals surface area contributed by atoms with E-state index >= 15 is 0 Å². The average Bonchev–Trinajstić information content (AvgIpc) is 2.97. The molecule has 1 N–H and O–H groups in total. The highest BCUT2D eigenvalue weighted by Crippen LogP contribution is 2.15. The molecule has 1 aromatic heterocycles. The fraction of sp³-hybridized carbons (Fsp3) is 0.133. The van der Waals surface area contributed by atoms with Crippen molar-refractivity contribution in [1.82, 2.24) is 20.2 Å². The lowest BCUT2D eigenvalue weighted by atomic mass is 10.1. The fourth-order valence-corrected chi connectivity index (χ4v) is 1.96. The Bertz CT molecular complexity index is 667. The van der Waals surface area contributed by atoms with Gasteiger partial charge in [0.25, 0.3) is 0 Å². The Morgan fingerprint density at radius 2 is 1.60 bits per heavy atom. The third-order valence-electron chi connectivity index (χ3n) is 3.01. The third kappa shape index (κ3) is 2.73. The average molecular weight is 266 g/mol. The van der Waals surface area contributed by atoms with Gasteiger partial charge in [0.15, 0.2) is 0 Å². The summed E-state index contributed by atoms with van der Waals surface area (Å²) in [5, 5.41) is 22.4. The van der Waals surface area contributed by atoms with Crippen LogP contribution in [0.3, 0.4) is 0 Å². The standard InChI is InChI=1S/C15H14N4O/c20-14(12-7-3-1-4-8-12)11-19-17-15(16-18-19)13-9-5-2-6-10-13/h1-10,14,20H,11H2. The first kappa shape index (κ1) is 12.5. The highest BCUT2D eigenvalue weighted by atomic mass is 16.3. The molecule has 0 bridgehead atoms. The van der Waals surface area contributed by atoms with Crippen LogP contribution in [-0.4, -0.2) is 25.3 Å². The first-order chi connectivity index (χ1) is 9.83. The number of rotatable bonds is 4. The zero-order valence-electron chi connectivity index (χ0n) is 10.8. The van der Waals surface area contributed by atoms with Crippen LogP contribution in [0.25, 0.3) is 11.4 Å². The summed E-state index contributed by atoms with van der Waals surface area (Å²) in [7, 11) is 0. The van der Waals surface area contributed by atoms with E-state index in [1.807, 2.05) is 60.7 Å².